The predicted molar refractivity (Wildman–Crippen MR) is 96.8 cm³/mol. The fraction of sp³-hybridized carbons (Fsp3) is 0.167. The molecule has 0 saturated carbocycles. The van der Waals surface area contributed by atoms with Gasteiger partial charge in [-0.2, -0.15) is 9.40 Å². The third kappa shape index (κ3) is 2.97. The molecule has 0 amide bonds. The number of nitrogens with zero attached hydrogens (tertiary/aromatic N) is 2. The van der Waals surface area contributed by atoms with Crippen LogP contribution in [0.3, 0.4) is 0 Å². The Hall–Kier alpha value is -2.15. The summed E-state index contributed by atoms with van der Waals surface area (Å²) in [7, 11) is -3.52. The molecule has 0 bridgehead atoms. The highest BCUT2D eigenvalue weighted by Crippen LogP contribution is 2.31. The number of nitrogens with one attached hydrogen (secondary N) is 1. The van der Waals surface area contributed by atoms with Crippen LogP contribution in [-0.4, -0.2) is 29.5 Å². The van der Waals surface area contributed by atoms with Crippen LogP contribution in [0.1, 0.15) is 11.3 Å². The van der Waals surface area contributed by atoms with Crippen molar-refractivity contribution < 1.29 is 8.42 Å². The Balaban J connectivity index is 1.70. The van der Waals surface area contributed by atoms with Crippen molar-refractivity contribution in [1.29, 1.82) is 0 Å². The summed E-state index contributed by atoms with van der Waals surface area (Å²) >= 11 is 5.95. The molecule has 1 aliphatic rings. The summed E-state index contributed by atoms with van der Waals surface area (Å²) < 4.78 is 27.3. The summed E-state index contributed by atoms with van der Waals surface area (Å²) in [5.74, 6) is 0. The predicted octanol–water partition coefficient (Wildman–Crippen LogP) is 3.48. The molecule has 2 aromatic carbocycles. The Morgan fingerprint density at radius 2 is 1.76 bits per heavy atom. The van der Waals surface area contributed by atoms with Gasteiger partial charge in [0, 0.05) is 41.4 Å². The van der Waals surface area contributed by atoms with Crippen LogP contribution in [0.4, 0.5) is 0 Å². The summed E-state index contributed by atoms with van der Waals surface area (Å²) in [5.41, 5.74) is 3.61. The standard InChI is InChI=1S/C18H16ClN3O2S/c19-14-8-6-13(7-9-14)18-16-12-22(11-10-17(16)20-21-18)25(23,24)15-4-2-1-3-5-15/h1-9H,10-12H2,(H,20,21). The molecular weight excluding hydrogens is 358 g/mol. The second-order valence-corrected chi connectivity index (χ2v) is 8.31. The molecule has 3 aromatic rings. The third-order valence-corrected chi connectivity index (χ3v) is 6.51. The van der Waals surface area contributed by atoms with E-state index in [0.717, 1.165) is 22.5 Å². The minimum Gasteiger partial charge on any atom is -0.282 e. The molecule has 1 aromatic heterocycles. The van der Waals surface area contributed by atoms with Gasteiger partial charge in [0.25, 0.3) is 0 Å². The Bertz CT molecular complexity index is 999. The number of benzene rings is 2. The lowest BCUT2D eigenvalue weighted by molar-refractivity contribution is 0.390. The van der Waals surface area contributed by atoms with Crippen LogP contribution in [0.25, 0.3) is 11.3 Å². The largest absolute Gasteiger partial charge is 0.282 e. The summed E-state index contributed by atoms with van der Waals surface area (Å²) in [6, 6.07) is 15.9. The van der Waals surface area contributed by atoms with Crippen molar-refractivity contribution in [3.05, 3.63) is 70.9 Å². The maximum atomic E-state index is 12.9. The van der Waals surface area contributed by atoms with E-state index >= 15 is 0 Å². The van der Waals surface area contributed by atoms with Gasteiger partial charge in [0.05, 0.1) is 10.6 Å². The monoisotopic (exact) mass is 373 g/mol. The lowest BCUT2D eigenvalue weighted by Crippen LogP contribution is -2.35. The highest BCUT2D eigenvalue weighted by molar-refractivity contribution is 7.89. The lowest BCUT2D eigenvalue weighted by Gasteiger charge is -2.26. The maximum Gasteiger partial charge on any atom is 0.243 e. The number of hydrogen-bond acceptors (Lipinski definition) is 3. The Kier molecular flexibility index (Phi) is 4.11. The summed E-state index contributed by atoms with van der Waals surface area (Å²) in [4.78, 5) is 0.315. The van der Waals surface area contributed by atoms with Gasteiger partial charge in [-0.15, -0.1) is 0 Å². The van der Waals surface area contributed by atoms with Crippen molar-refractivity contribution in [2.45, 2.75) is 17.9 Å². The molecule has 25 heavy (non-hydrogen) atoms. The smallest absolute Gasteiger partial charge is 0.243 e. The first kappa shape index (κ1) is 16.3. The summed E-state index contributed by atoms with van der Waals surface area (Å²) in [6.07, 6.45) is 0.613. The molecule has 0 aliphatic carbocycles. The van der Waals surface area contributed by atoms with Crippen LogP contribution in [0, 0.1) is 0 Å². The fourth-order valence-electron chi connectivity index (χ4n) is 3.06. The van der Waals surface area contributed by atoms with Crippen LogP contribution in [-0.2, 0) is 23.0 Å². The Morgan fingerprint density at radius 3 is 2.48 bits per heavy atom. The Morgan fingerprint density at radius 1 is 1.04 bits per heavy atom. The number of aromatic nitrogens is 2. The molecule has 1 aliphatic heterocycles. The van der Waals surface area contributed by atoms with E-state index in [1.54, 1.807) is 36.4 Å². The van der Waals surface area contributed by atoms with E-state index in [9.17, 15) is 8.42 Å². The molecule has 5 nitrogen and oxygen atoms in total. The van der Waals surface area contributed by atoms with Crippen molar-refractivity contribution in [1.82, 2.24) is 14.5 Å². The minimum absolute atomic E-state index is 0.307. The van der Waals surface area contributed by atoms with E-state index in [1.807, 2.05) is 18.2 Å². The van der Waals surface area contributed by atoms with Gasteiger partial charge in [0.15, 0.2) is 0 Å². The van der Waals surface area contributed by atoms with Crippen LogP contribution < -0.4 is 0 Å². The van der Waals surface area contributed by atoms with Gasteiger partial charge in [-0.1, -0.05) is 41.9 Å². The first-order valence-electron chi connectivity index (χ1n) is 7.93. The van der Waals surface area contributed by atoms with E-state index in [0.29, 0.717) is 29.4 Å². The van der Waals surface area contributed by atoms with Crippen LogP contribution in [0.5, 0.6) is 0 Å². The number of H-pyrrole nitrogens is 1. The van der Waals surface area contributed by atoms with E-state index in [-0.39, 0.29) is 0 Å². The van der Waals surface area contributed by atoms with Gasteiger partial charge in [0.1, 0.15) is 0 Å². The van der Waals surface area contributed by atoms with Gasteiger partial charge >= 0.3 is 0 Å². The SMILES string of the molecule is O=S(=O)(c1ccccc1)N1CCc2[nH]nc(-c3ccc(Cl)cc3)c2C1. The highest BCUT2D eigenvalue weighted by atomic mass is 35.5. The van der Waals surface area contributed by atoms with E-state index in [1.165, 1.54) is 4.31 Å². The zero-order valence-corrected chi connectivity index (χ0v) is 14.9. The molecule has 7 heteroatoms. The van der Waals surface area contributed by atoms with Crippen LogP contribution in [0.2, 0.25) is 5.02 Å². The quantitative estimate of drug-likeness (QED) is 0.764. The second kappa shape index (κ2) is 6.29. The number of hydrogen-bond donors (Lipinski definition) is 1. The van der Waals surface area contributed by atoms with Gasteiger partial charge < -0.3 is 0 Å². The van der Waals surface area contributed by atoms with E-state index in [2.05, 4.69) is 10.2 Å². The first-order chi connectivity index (χ1) is 12.1. The maximum absolute atomic E-state index is 12.9. The van der Waals surface area contributed by atoms with Gasteiger partial charge in [0.2, 0.25) is 10.0 Å². The number of fused-ring (bicyclic) bond motifs is 1. The second-order valence-electron chi connectivity index (χ2n) is 5.94. The molecule has 4 rings (SSSR count). The van der Waals surface area contributed by atoms with Crippen molar-refractivity contribution in [3.8, 4) is 11.3 Å². The molecule has 0 spiro atoms. The average molecular weight is 374 g/mol. The number of sulfonamides is 1. The van der Waals surface area contributed by atoms with Crippen molar-refractivity contribution in [2.75, 3.05) is 6.54 Å². The van der Waals surface area contributed by atoms with E-state index < -0.39 is 10.0 Å². The van der Waals surface area contributed by atoms with Crippen LogP contribution in [0.15, 0.2) is 59.5 Å². The summed E-state index contributed by atoms with van der Waals surface area (Å²) in [5, 5.41) is 8.10. The molecule has 128 valence electrons. The minimum atomic E-state index is -3.52. The molecule has 0 radical (unpaired) electrons. The van der Waals surface area contributed by atoms with Crippen molar-refractivity contribution in [2.24, 2.45) is 0 Å². The average Bonchev–Trinajstić information content (AvgIpc) is 3.06. The van der Waals surface area contributed by atoms with Crippen LogP contribution >= 0.6 is 11.6 Å². The summed E-state index contributed by atoms with van der Waals surface area (Å²) in [6.45, 7) is 0.744. The number of halogens is 1. The van der Waals surface area contributed by atoms with E-state index in [4.69, 9.17) is 11.6 Å². The normalized spacial score (nSPS) is 15.1. The zero-order valence-electron chi connectivity index (χ0n) is 13.3. The first-order valence-corrected chi connectivity index (χ1v) is 9.75. The molecule has 0 fully saturated rings. The van der Waals surface area contributed by atoms with Gasteiger partial charge in [-0.3, -0.25) is 5.10 Å². The number of rotatable bonds is 3. The molecule has 1 N–H and O–H groups in total. The molecular formula is C18H16ClN3O2S. The van der Waals surface area contributed by atoms with Crippen molar-refractivity contribution >= 4 is 21.6 Å². The van der Waals surface area contributed by atoms with Crippen molar-refractivity contribution in [3.63, 3.8) is 0 Å². The molecule has 0 atom stereocenters. The zero-order chi connectivity index (χ0) is 17.4. The topological polar surface area (TPSA) is 66.1 Å². The molecule has 0 saturated heterocycles. The fourth-order valence-corrected chi connectivity index (χ4v) is 4.62. The number of aromatic amines is 1. The molecule has 0 unspecified atom stereocenters. The third-order valence-electron chi connectivity index (χ3n) is 4.40. The Labute approximate surface area is 151 Å². The highest BCUT2D eigenvalue weighted by Gasteiger charge is 2.31. The lowest BCUT2D eigenvalue weighted by atomic mass is 10.0. The van der Waals surface area contributed by atoms with Gasteiger partial charge in [-0.05, 0) is 24.3 Å². The van der Waals surface area contributed by atoms with Gasteiger partial charge in [-0.25, -0.2) is 8.42 Å². The molecule has 2 heterocycles.